The summed E-state index contributed by atoms with van der Waals surface area (Å²) in [5, 5.41) is 16.0. The van der Waals surface area contributed by atoms with E-state index < -0.39 is 23.7 Å². The van der Waals surface area contributed by atoms with E-state index >= 15 is 0 Å². The maximum atomic E-state index is 13.8. The first kappa shape index (κ1) is 44.7. The third-order valence-electron chi connectivity index (χ3n) is 10.8. The minimum atomic E-state index is -1.15. The van der Waals surface area contributed by atoms with E-state index in [1.807, 2.05) is 91.7 Å². The molecule has 2 aliphatic heterocycles. The van der Waals surface area contributed by atoms with E-state index in [9.17, 15) is 29.1 Å². The molecule has 8 heterocycles. The highest BCUT2D eigenvalue weighted by molar-refractivity contribution is 6.12. The second-order valence-corrected chi connectivity index (χ2v) is 16.2. The molecule has 0 aromatic carbocycles. The van der Waals surface area contributed by atoms with Crippen molar-refractivity contribution in [3.63, 3.8) is 0 Å². The molecule has 6 aromatic heterocycles. The zero-order valence-corrected chi connectivity index (χ0v) is 36.5. The Morgan fingerprint density at radius 2 is 1.14 bits per heavy atom. The number of rotatable bonds is 12. The zero-order chi connectivity index (χ0) is 46.2. The predicted molar refractivity (Wildman–Crippen MR) is 243 cm³/mol. The quantitative estimate of drug-likeness (QED) is 0.112. The number of nitrogens with zero attached hydrogens (tertiary/aromatic N) is 9. The molecule has 17 heteroatoms. The lowest BCUT2D eigenvalue weighted by atomic mass is 10.1. The maximum Gasteiger partial charge on any atom is 0.335 e. The number of carboxylic acids is 1. The van der Waals surface area contributed by atoms with Gasteiger partial charge in [-0.3, -0.25) is 38.9 Å². The van der Waals surface area contributed by atoms with Crippen LogP contribution in [-0.4, -0.2) is 106 Å². The van der Waals surface area contributed by atoms with Crippen molar-refractivity contribution in [2.24, 2.45) is 0 Å². The molecule has 0 saturated heterocycles. The van der Waals surface area contributed by atoms with Gasteiger partial charge in [0, 0.05) is 82.2 Å². The molecule has 0 saturated carbocycles. The second kappa shape index (κ2) is 20.3. The molecule has 0 aliphatic carbocycles. The first-order valence-electron chi connectivity index (χ1n) is 21.5. The van der Waals surface area contributed by atoms with Crippen LogP contribution in [0.15, 0.2) is 109 Å². The van der Waals surface area contributed by atoms with Gasteiger partial charge in [0.15, 0.2) is 0 Å². The van der Waals surface area contributed by atoms with Crippen LogP contribution in [0.1, 0.15) is 67.7 Å². The predicted octanol–water partition coefficient (Wildman–Crippen LogP) is 4.76. The standard InChI is InChI=1S/C49H47N11O6/c1-31-8-3-12-39(52-31)40-13-5-10-35(54-40)28-59-29-36-11-6-15-42(55-36)41-14-4-9-34(53-41)26-58(2)27-37-22-32(24-43(56-37)44-25-33(49(65)66)23-38(30-59)57-44)48(64)51-20-19-50-45(61)16-7-21-60-46(62)17-18-47(60)63/h3-6,8-15,17-18,22-25H,7,16,19-21,26-30H2,1-2H3,(H,50,61)(H,51,64)(H,65,66). The molecule has 6 aromatic rings. The summed E-state index contributed by atoms with van der Waals surface area (Å²) in [5.41, 5.74) is 7.90. The number of nitrogens with one attached hydrogen (secondary N) is 2. The number of aryl methyl sites for hydroxylation is 1. The minimum absolute atomic E-state index is 0.000964. The van der Waals surface area contributed by atoms with Crippen LogP contribution in [0.25, 0.3) is 34.2 Å². The van der Waals surface area contributed by atoms with Gasteiger partial charge in [-0.15, -0.1) is 0 Å². The highest BCUT2D eigenvalue weighted by atomic mass is 16.4. The zero-order valence-electron chi connectivity index (χ0n) is 36.5. The average molecular weight is 886 g/mol. The molecule has 334 valence electrons. The molecular weight excluding hydrogens is 839 g/mol. The Morgan fingerprint density at radius 3 is 1.82 bits per heavy atom. The minimum Gasteiger partial charge on any atom is -0.478 e. The fourth-order valence-corrected chi connectivity index (χ4v) is 7.75. The van der Waals surface area contributed by atoms with E-state index in [1.54, 1.807) is 18.2 Å². The molecule has 66 heavy (non-hydrogen) atoms. The highest BCUT2D eigenvalue weighted by Crippen LogP contribution is 2.25. The SMILES string of the molecule is Cc1cccc(-c2cccc(CN3Cc4cccc(n4)-c4cccc(n4)CN(C)Cc4cc(C(=O)NCCNC(=O)CCCN5C(=O)C=CC5=O)cc(n4)-c4cc(C(=O)O)cc(n4)C3)n2)n1. The van der Waals surface area contributed by atoms with Gasteiger partial charge in [0.25, 0.3) is 17.7 Å². The van der Waals surface area contributed by atoms with Gasteiger partial charge in [0.05, 0.1) is 68.2 Å². The van der Waals surface area contributed by atoms with Gasteiger partial charge < -0.3 is 15.7 Å². The van der Waals surface area contributed by atoms with E-state index in [4.69, 9.17) is 24.9 Å². The molecule has 0 atom stereocenters. The number of fused-ring (bicyclic) bond motifs is 10. The Balaban J connectivity index is 1.08. The summed E-state index contributed by atoms with van der Waals surface area (Å²) in [6.45, 7) is 3.97. The smallest absolute Gasteiger partial charge is 0.335 e. The normalized spacial score (nSPS) is 14.1. The summed E-state index contributed by atoms with van der Waals surface area (Å²) < 4.78 is 0. The van der Waals surface area contributed by atoms with Crippen LogP contribution in [0.5, 0.6) is 0 Å². The molecular formula is C49H47N11O6. The molecule has 8 bridgehead atoms. The molecule has 0 radical (unpaired) electrons. The third kappa shape index (κ3) is 11.4. The van der Waals surface area contributed by atoms with Crippen LogP contribution in [0.2, 0.25) is 0 Å². The first-order chi connectivity index (χ1) is 31.9. The summed E-state index contributed by atoms with van der Waals surface area (Å²) in [7, 11) is 1.91. The van der Waals surface area contributed by atoms with Gasteiger partial charge in [-0.2, -0.15) is 0 Å². The van der Waals surface area contributed by atoms with E-state index in [2.05, 4.69) is 20.5 Å². The monoisotopic (exact) mass is 885 g/mol. The molecule has 0 spiro atoms. The highest BCUT2D eigenvalue weighted by Gasteiger charge is 2.23. The Morgan fingerprint density at radius 1 is 0.606 bits per heavy atom. The van der Waals surface area contributed by atoms with Crippen LogP contribution >= 0.6 is 0 Å². The second-order valence-electron chi connectivity index (χ2n) is 16.2. The number of imide groups is 1. The summed E-state index contributed by atoms with van der Waals surface area (Å²) in [6.07, 6.45) is 2.80. The molecule has 0 unspecified atom stereocenters. The number of amides is 4. The van der Waals surface area contributed by atoms with Crippen molar-refractivity contribution in [3.05, 3.63) is 155 Å². The number of aromatic nitrogens is 6. The van der Waals surface area contributed by atoms with Crippen molar-refractivity contribution in [3.8, 4) is 34.2 Å². The van der Waals surface area contributed by atoms with Crippen molar-refractivity contribution in [2.45, 2.75) is 52.5 Å². The number of carboxylic acid groups (broad SMARTS) is 1. The number of carbonyl (C=O) groups is 5. The van der Waals surface area contributed by atoms with Gasteiger partial charge >= 0.3 is 5.97 Å². The lowest BCUT2D eigenvalue weighted by Gasteiger charge is -2.23. The van der Waals surface area contributed by atoms with E-state index in [1.165, 1.54) is 18.2 Å². The summed E-state index contributed by atoms with van der Waals surface area (Å²) in [5.74, 6) is -2.67. The third-order valence-corrected chi connectivity index (χ3v) is 10.8. The summed E-state index contributed by atoms with van der Waals surface area (Å²) in [4.78, 5) is 97.3. The van der Waals surface area contributed by atoms with E-state index in [-0.39, 0.29) is 55.3 Å². The molecule has 8 rings (SSSR count). The van der Waals surface area contributed by atoms with Crippen molar-refractivity contribution in [2.75, 3.05) is 26.7 Å². The molecule has 0 fully saturated rings. The largest absolute Gasteiger partial charge is 0.478 e. The van der Waals surface area contributed by atoms with Crippen LogP contribution < -0.4 is 10.6 Å². The van der Waals surface area contributed by atoms with Gasteiger partial charge in [-0.05, 0) is 93.2 Å². The van der Waals surface area contributed by atoms with Crippen LogP contribution in [0.4, 0.5) is 0 Å². The summed E-state index contributed by atoms with van der Waals surface area (Å²) >= 11 is 0. The van der Waals surface area contributed by atoms with Crippen molar-refractivity contribution < 1.29 is 29.1 Å². The average Bonchev–Trinajstić information content (AvgIpc) is 3.62. The number of hydrogen-bond acceptors (Lipinski definition) is 13. The molecule has 3 N–H and O–H groups in total. The first-order valence-corrected chi connectivity index (χ1v) is 21.5. The lowest BCUT2D eigenvalue weighted by molar-refractivity contribution is -0.137. The Kier molecular flexibility index (Phi) is 13.8. The van der Waals surface area contributed by atoms with Gasteiger partial charge in [0.1, 0.15) is 0 Å². The van der Waals surface area contributed by atoms with Crippen LogP contribution in [0, 0.1) is 6.92 Å². The topological polar surface area (TPSA) is 217 Å². The van der Waals surface area contributed by atoms with Crippen LogP contribution in [0.3, 0.4) is 0 Å². The number of aromatic carboxylic acids is 1. The van der Waals surface area contributed by atoms with Crippen molar-refractivity contribution in [1.29, 1.82) is 0 Å². The molecule has 17 nitrogen and oxygen atoms in total. The van der Waals surface area contributed by atoms with Gasteiger partial charge in [-0.1, -0.05) is 24.3 Å². The Labute approximate surface area is 380 Å². The van der Waals surface area contributed by atoms with Crippen molar-refractivity contribution in [1.82, 2.24) is 55.2 Å². The van der Waals surface area contributed by atoms with E-state index in [0.29, 0.717) is 61.1 Å². The summed E-state index contributed by atoms with van der Waals surface area (Å²) in [6, 6.07) is 29.5. The molecule has 4 amide bonds. The number of pyridine rings is 6. The molecule has 2 aliphatic rings. The van der Waals surface area contributed by atoms with Crippen molar-refractivity contribution >= 4 is 29.6 Å². The number of hydrogen-bond donors (Lipinski definition) is 3. The van der Waals surface area contributed by atoms with Crippen LogP contribution in [-0.2, 0) is 47.1 Å². The number of carbonyl (C=O) groups excluding carboxylic acids is 4. The fourth-order valence-electron chi connectivity index (χ4n) is 7.75. The van der Waals surface area contributed by atoms with E-state index in [0.717, 1.165) is 39.1 Å². The Bertz CT molecular complexity index is 2850. The maximum absolute atomic E-state index is 13.8. The lowest BCUT2D eigenvalue weighted by Crippen LogP contribution is -2.35. The fraction of sp³-hybridized carbons (Fsp3) is 0.245. The van der Waals surface area contributed by atoms with Gasteiger partial charge in [0.2, 0.25) is 5.91 Å². The van der Waals surface area contributed by atoms with Gasteiger partial charge in [-0.25, -0.2) is 29.7 Å². The Hall–Kier alpha value is -7.89.